The number of hydrogen-bond donors (Lipinski definition) is 1. The Morgan fingerprint density at radius 1 is 0.714 bits per heavy atom. The fourth-order valence-corrected chi connectivity index (χ4v) is 1.64. The van der Waals surface area contributed by atoms with Crippen molar-refractivity contribution in [1.82, 2.24) is 5.32 Å². The molecule has 0 radical (unpaired) electrons. The summed E-state index contributed by atoms with van der Waals surface area (Å²) in [6, 6.07) is 0.563. The van der Waals surface area contributed by atoms with Crippen LogP contribution in [-0.4, -0.2) is 65.9 Å². The van der Waals surface area contributed by atoms with Gasteiger partial charge in [-0.3, -0.25) is 0 Å². The summed E-state index contributed by atoms with van der Waals surface area (Å²) in [5.74, 6) is 0. The molecule has 0 aliphatic rings. The third-order valence-electron chi connectivity index (χ3n) is 3.18. The van der Waals surface area contributed by atoms with E-state index in [9.17, 15) is 0 Å². The van der Waals surface area contributed by atoms with E-state index < -0.39 is 0 Å². The lowest BCUT2D eigenvalue weighted by molar-refractivity contribution is -0.00245. The van der Waals surface area contributed by atoms with Gasteiger partial charge >= 0.3 is 0 Å². The van der Waals surface area contributed by atoms with Crippen LogP contribution in [0.25, 0.3) is 0 Å². The molecule has 0 aromatic carbocycles. The van der Waals surface area contributed by atoms with Gasteiger partial charge in [-0.05, 0) is 33.2 Å². The van der Waals surface area contributed by atoms with E-state index in [0.29, 0.717) is 45.7 Å². The van der Waals surface area contributed by atoms with Gasteiger partial charge in [0.1, 0.15) is 0 Å². The molecule has 1 N–H and O–H groups in total. The zero-order chi connectivity index (χ0) is 15.6. The SMILES string of the molecule is CCCCOCCOCCOCCOCCCC(C)NC. The highest BCUT2D eigenvalue weighted by atomic mass is 16.6. The number of ether oxygens (including phenoxy) is 4. The van der Waals surface area contributed by atoms with Crippen molar-refractivity contribution < 1.29 is 18.9 Å². The zero-order valence-corrected chi connectivity index (χ0v) is 14.2. The van der Waals surface area contributed by atoms with Crippen molar-refractivity contribution in [3.8, 4) is 0 Å². The van der Waals surface area contributed by atoms with Crippen molar-refractivity contribution in [2.75, 3.05) is 59.9 Å². The predicted octanol–water partition coefficient (Wildman–Crippen LogP) is 2.24. The summed E-state index contributed by atoms with van der Waals surface area (Å²) in [4.78, 5) is 0. The van der Waals surface area contributed by atoms with Gasteiger partial charge in [-0.1, -0.05) is 13.3 Å². The lowest BCUT2D eigenvalue weighted by Crippen LogP contribution is -2.21. The highest BCUT2D eigenvalue weighted by Gasteiger charge is 1.97. The van der Waals surface area contributed by atoms with E-state index in [1.54, 1.807) is 0 Å². The highest BCUT2D eigenvalue weighted by Crippen LogP contribution is 1.95. The van der Waals surface area contributed by atoms with Crippen LogP contribution in [0.15, 0.2) is 0 Å². The fraction of sp³-hybridized carbons (Fsp3) is 1.00. The molecule has 128 valence electrons. The second-order valence-corrected chi connectivity index (χ2v) is 5.13. The fourth-order valence-electron chi connectivity index (χ4n) is 1.64. The zero-order valence-electron chi connectivity index (χ0n) is 14.2. The van der Waals surface area contributed by atoms with Gasteiger partial charge in [0.05, 0.1) is 39.6 Å². The summed E-state index contributed by atoms with van der Waals surface area (Å²) < 4.78 is 21.7. The first-order chi connectivity index (χ1) is 10.3. The van der Waals surface area contributed by atoms with Gasteiger partial charge < -0.3 is 24.3 Å². The summed E-state index contributed by atoms with van der Waals surface area (Å²) in [6.45, 7) is 9.84. The summed E-state index contributed by atoms with van der Waals surface area (Å²) in [6.07, 6.45) is 4.52. The summed E-state index contributed by atoms with van der Waals surface area (Å²) in [7, 11) is 1.98. The molecule has 0 bridgehead atoms. The van der Waals surface area contributed by atoms with E-state index in [2.05, 4.69) is 19.2 Å². The molecule has 0 amide bonds. The predicted molar refractivity (Wildman–Crippen MR) is 85.9 cm³/mol. The van der Waals surface area contributed by atoms with E-state index in [1.165, 1.54) is 6.42 Å². The van der Waals surface area contributed by atoms with Crippen LogP contribution < -0.4 is 5.32 Å². The first-order valence-corrected chi connectivity index (χ1v) is 8.29. The molecule has 0 saturated heterocycles. The largest absolute Gasteiger partial charge is 0.379 e. The molecule has 0 aromatic heterocycles. The molecule has 0 saturated carbocycles. The number of unbranched alkanes of at least 4 members (excludes halogenated alkanes) is 1. The lowest BCUT2D eigenvalue weighted by Gasteiger charge is -2.10. The molecule has 0 aromatic rings. The van der Waals surface area contributed by atoms with Crippen LogP contribution in [-0.2, 0) is 18.9 Å². The normalized spacial score (nSPS) is 12.7. The topological polar surface area (TPSA) is 49.0 Å². The molecule has 5 heteroatoms. The summed E-state index contributed by atoms with van der Waals surface area (Å²) in [5, 5.41) is 3.21. The van der Waals surface area contributed by atoms with Crippen LogP contribution in [0, 0.1) is 0 Å². The minimum atomic E-state index is 0.563. The monoisotopic (exact) mass is 305 g/mol. The Morgan fingerprint density at radius 2 is 1.14 bits per heavy atom. The Labute approximate surface area is 130 Å². The van der Waals surface area contributed by atoms with Gasteiger partial charge in [0.2, 0.25) is 0 Å². The quantitative estimate of drug-likeness (QED) is 0.418. The molecule has 1 atom stereocenters. The summed E-state index contributed by atoms with van der Waals surface area (Å²) in [5.41, 5.74) is 0. The van der Waals surface area contributed by atoms with E-state index in [-0.39, 0.29) is 0 Å². The van der Waals surface area contributed by atoms with E-state index in [0.717, 1.165) is 32.5 Å². The molecule has 0 spiro atoms. The Kier molecular flexibility index (Phi) is 17.7. The summed E-state index contributed by atoms with van der Waals surface area (Å²) >= 11 is 0. The van der Waals surface area contributed by atoms with Crippen molar-refractivity contribution in [1.29, 1.82) is 0 Å². The first kappa shape index (κ1) is 20.8. The second-order valence-electron chi connectivity index (χ2n) is 5.13. The van der Waals surface area contributed by atoms with E-state index in [4.69, 9.17) is 18.9 Å². The van der Waals surface area contributed by atoms with Crippen LogP contribution in [0.4, 0.5) is 0 Å². The number of nitrogens with one attached hydrogen (secondary N) is 1. The molecular weight excluding hydrogens is 270 g/mol. The molecule has 0 aliphatic heterocycles. The Balaban J connectivity index is 2.96. The van der Waals surface area contributed by atoms with Gasteiger partial charge in [-0.25, -0.2) is 0 Å². The van der Waals surface area contributed by atoms with E-state index in [1.807, 2.05) is 7.05 Å². The van der Waals surface area contributed by atoms with Crippen LogP contribution in [0.1, 0.15) is 39.5 Å². The third-order valence-corrected chi connectivity index (χ3v) is 3.18. The number of hydrogen-bond acceptors (Lipinski definition) is 5. The van der Waals surface area contributed by atoms with Gasteiger partial charge in [0.25, 0.3) is 0 Å². The van der Waals surface area contributed by atoms with Crippen molar-refractivity contribution in [3.63, 3.8) is 0 Å². The van der Waals surface area contributed by atoms with Crippen LogP contribution in [0.2, 0.25) is 0 Å². The van der Waals surface area contributed by atoms with Crippen molar-refractivity contribution in [3.05, 3.63) is 0 Å². The smallest absolute Gasteiger partial charge is 0.0701 e. The lowest BCUT2D eigenvalue weighted by atomic mass is 10.2. The maximum Gasteiger partial charge on any atom is 0.0701 e. The van der Waals surface area contributed by atoms with Crippen LogP contribution in [0.3, 0.4) is 0 Å². The van der Waals surface area contributed by atoms with E-state index >= 15 is 0 Å². The van der Waals surface area contributed by atoms with Gasteiger partial charge in [-0.15, -0.1) is 0 Å². The van der Waals surface area contributed by atoms with Crippen LogP contribution >= 0.6 is 0 Å². The van der Waals surface area contributed by atoms with Crippen LogP contribution in [0.5, 0.6) is 0 Å². The minimum Gasteiger partial charge on any atom is -0.379 e. The highest BCUT2D eigenvalue weighted by molar-refractivity contribution is 4.55. The average Bonchev–Trinajstić information content (AvgIpc) is 2.50. The Hall–Kier alpha value is -0.200. The molecule has 5 nitrogen and oxygen atoms in total. The first-order valence-electron chi connectivity index (χ1n) is 8.29. The minimum absolute atomic E-state index is 0.563. The maximum atomic E-state index is 5.50. The van der Waals surface area contributed by atoms with Gasteiger partial charge in [0, 0.05) is 19.3 Å². The van der Waals surface area contributed by atoms with Crippen molar-refractivity contribution >= 4 is 0 Å². The van der Waals surface area contributed by atoms with Crippen molar-refractivity contribution in [2.24, 2.45) is 0 Å². The number of rotatable bonds is 17. The Bertz CT molecular complexity index is 193. The molecule has 0 fully saturated rings. The second kappa shape index (κ2) is 17.9. The van der Waals surface area contributed by atoms with Gasteiger partial charge in [-0.2, -0.15) is 0 Å². The molecule has 21 heavy (non-hydrogen) atoms. The van der Waals surface area contributed by atoms with Crippen molar-refractivity contribution in [2.45, 2.75) is 45.6 Å². The molecule has 0 heterocycles. The molecule has 0 rings (SSSR count). The Morgan fingerprint density at radius 3 is 1.57 bits per heavy atom. The standard InChI is InChI=1S/C16H35NO4/c1-4-5-8-18-10-12-20-14-15-21-13-11-19-9-6-7-16(2)17-3/h16-17H,4-15H2,1-3H3. The molecule has 1 unspecified atom stereocenters. The maximum absolute atomic E-state index is 5.50. The molecular formula is C16H35NO4. The average molecular weight is 305 g/mol. The van der Waals surface area contributed by atoms with Gasteiger partial charge in [0.15, 0.2) is 0 Å². The molecule has 0 aliphatic carbocycles. The third kappa shape index (κ3) is 17.7.